The predicted octanol–water partition coefficient (Wildman–Crippen LogP) is 2.02. The van der Waals surface area contributed by atoms with Crippen LogP contribution in [0.3, 0.4) is 0 Å². The number of benzene rings is 1. The van der Waals surface area contributed by atoms with Crippen molar-refractivity contribution in [1.29, 1.82) is 0 Å². The van der Waals surface area contributed by atoms with Crippen molar-refractivity contribution in [3.8, 4) is 5.75 Å². The van der Waals surface area contributed by atoms with Crippen LogP contribution in [0.4, 0.5) is 4.79 Å². The Bertz CT molecular complexity index is 641. The third-order valence-corrected chi connectivity index (χ3v) is 4.65. The molecule has 0 aromatic heterocycles. The average molecular weight is 334 g/mol. The van der Waals surface area contributed by atoms with E-state index in [1.807, 2.05) is 29.2 Å². The van der Waals surface area contributed by atoms with Gasteiger partial charge in [0, 0.05) is 18.7 Å². The number of hydrogen-bond donors (Lipinski definition) is 0. The lowest BCUT2D eigenvalue weighted by atomic mass is 10.2. The lowest BCUT2D eigenvalue weighted by Crippen LogP contribution is -2.45. The van der Waals surface area contributed by atoms with Gasteiger partial charge in [-0.1, -0.05) is 18.2 Å². The minimum atomic E-state index is -0.252. The Labute approximate surface area is 139 Å². The number of morpholine rings is 1. The molecule has 1 aromatic carbocycles. The molecular weight excluding hydrogens is 316 g/mol. The second kappa shape index (κ2) is 7.16. The van der Waals surface area contributed by atoms with Crippen molar-refractivity contribution < 1.29 is 19.1 Å². The van der Waals surface area contributed by atoms with E-state index >= 15 is 0 Å². The standard InChI is InChI=1S/C16H18N2O4S/c1-21-13-5-3-2-4-12(13)10-14-15(19)18(16(20)23-14)11-17-6-8-22-9-7-17/h2-5,10H,6-9,11H2,1H3. The first-order valence-electron chi connectivity index (χ1n) is 7.37. The number of para-hydroxylation sites is 1. The number of hydrogen-bond acceptors (Lipinski definition) is 6. The Morgan fingerprint density at radius 2 is 2.00 bits per heavy atom. The Hall–Kier alpha value is -1.83. The lowest BCUT2D eigenvalue weighted by molar-refractivity contribution is -0.125. The first kappa shape index (κ1) is 16.0. The highest BCUT2D eigenvalue weighted by molar-refractivity contribution is 8.18. The molecule has 23 heavy (non-hydrogen) atoms. The summed E-state index contributed by atoms with van der Waals surface area (Å²) in [5, 5.41) is -0.234. The fourth-order valence-corrected chi connectivity index (χ4v) is 3.31. The second-order valence-corrected chi connectivity index (χ2v) is 6.22. The normalized spacial score (nSPS) is 21.3. The van der Waals surface area contributed by atoms with Crippen molar-refractivity contribution in [2.24, 2.45) is 0 Å². The predicted molar refractivity (Wildman–Crippen MR) is 88.1 cm³/mol. The minimum Gasteiger partial charge on any atom is -0.496 e. The molecule has 0 aliphatic carbocycles. The quantitative estimate of drug-likeness (QED) is 0.785. The number of ether oxygens (including phenoxy) is 2. The van der Waals surface area contributed by atoms with E-state index in [4.69, 9.17) is 9.47 Å². The molecule has 0 unspecified atom stereocenters. The van der Waals surface area contributed by atoms with Gasteiger partial charge in [-0.15, -0.1) is 0 Å². The molecule has 2 heterocycles. The number of amides is 2. The number of nitrogens with zero attached hydrogens (tertiary/aromatic N) is 2. The molecule has 6 nitrogen and oxygen atoms in total. The monoisotopic (exact) mass is 334 g/mol. The van der Waals surface area contributed by atoms with E-state index in [1.165, 1.54) is 4.90 Å². The largest absolute Gasteiger partial charge is 0.496 e. The molecular formula is C16H18N2O4S. The van der Waals surface area contributed by atoms with Crippen LogP contribution in [0.25, 0.3) is 6.08 Å². The summed E-state index contributed by atoms with van der Waals surface area (Å²) in [5.41, 5.74) is 0.784. The van der Waals surface area contributed by atoms with Gasteiger partial charge in [-0.05, 0) is 23.9 Å². The van der Waals surface area contributed by atoms with Crippen molar-refractivity contribution in [3.05, 3.63) is 34.7 Å². The Balaban J connectivity index is 1.76. The minimum absolute atomic E-state index is 0.234. The molecule has 0 saturated carbocycles. The maximum absolute atomic E-state index is 12.5. The van der Waals surface area contributed by atoms with Gasteiger partial charge >= 0.3 is 0 Å². The molecule has 0 radical (unpaired) electrons. The number of methoxy groups -OCH3 is 1. The van der Waals surface area contributed by atoms with E-state index in [1.54, 1.807) is 13.2 Å². The second-order valence-electron chi connectivity index (χ2n) is 5.22. The molecule has 3 rings (SSSR count). The van der Waals surface area contributed by atoms with Crippen molar-refractivity contribution in [2.75, 3.05) is 40.1 Å². The van der Waals surface area contributed by atoms with Gasteiger partial charge in [0.1, 0.15) is 5.75 Å². The summed E-state index contributed by atoms with van der Waals surface area (Å²) in [6, 6.07) is 7.41. The topological polar surface area (TPSA) is 59.1 Å². The van der Waals surface area contributed by atoms with Crippen LogP contribution in [-0.2, 0) is 9.53 Å². The van der Waals surface area contributed by atoms with Crippen LogP contribution in [0.1, 0.15) is 5.56 Å². The van der Waals surface area contributed by atoms with Crippen molar-refractivity contribution in [3.63, 3.8) is 0 Å². The summed E-state index contributed by atoms with van der Waals surface area (Å²) >= 11 is 0.969. The van der Waals surface area contributed by atoms with Gasteiger partial charge in [-0.2, -0.15) is 0 Å². The van der Waals surface area contributed by atoms with Gasteiger partial charge in [0.05, 0.1) is 31.9 Å². The van der Waals surface area contributed by atoms with Crippen molar-refractivity contribution >= 4 is 29.0 Å². The smallest absolute Gasteiger partial charge is 0.294 e. The van der Waals surface area contributed by atoms with Crippen molar-refractivity contribution in [1.82, 2.24) is 9.80 Å². The zero-order valence-corrected chi connectivity index (χ0v) is 13.7. The number of imide groups is 1. The molecule has 0 N–H and O–H groups in total. The van der Waals surface area contributed by atoms with Crippen LogP contribution >= 0.6 is 11.8 Å². The van der Waals surface area contributed by atoms with Crippen LogP contribution in [0.5, 0.6) is 5.75 Å². The fourth-order valence-electron chi connectivity index (χ4n) is 2.49. The lowest BCUT2D eigenvalue weighted by Gasteiger charge is -2.29. The summed E-state index contributed by atoms with van der Waals surface area (Å²) < 4.78 is 10.6. The summed E-state index contributed by atoms with van der Waals surface area (Å²) in [7, 11) is 1.58. The summed E-state index contributed by atoms with van der Waals surface area (Å²) in [4.78, 5) is 28.4. The van der Waals surface area contributed by atoms with Gasteiger partial charge in [-0.3, -0.25) is 19.4 Å². The van der Waals surface area contributed by atoms with Crippen LogP contribution < -0.4 is 4.74 Å². The average Bonchev–Trinajstić information content (AvgIpc) is 2.84. The molecule has 2 fully saturated rings. The molecule has 2 amide bonds. The Morgan fingerprint density at radius 3 is 2.74 bits per heavy atom. The zero-order valence-electron chi connectivity index (χ0n) is 12.9. The van der Waals surface area contributed by atoms with Crippen LogP contribution in [0.2, 0.25) is 0 Å². The van der Waals surface area contributed by atoms with E-state index in [-0.39, 0.29) is 11.1 Å². The van der Waals surface area contributed by atoms with E-state index in [0.29, 0.717) is 30.5 Å². The number of carbonyl (C=O) groups excluding carboxylic acids is 2. The first-order valence-corrected chi connectivity index (χ1v) is 8.19. The third-order valence-electron chi connectivity index (χ3n) is 3.74. The van der Waals surface area contributed by atoms with E-state index in [0.717, 1.165) is 30.4 Å². The molecule has 0 atom stereocenters. The molecule has 2 aliphatic heterocycles. The first-order chi connectivity index (χ1) is 11.2. The molecule has 2 saturated heterocycles. The molecule has 1 aromatic rings. The maximum atomic E-state index is 12.5. The SMILES string of the molecule is COc1ccccc1C=C1SC(=O)N(CN2CCOCC2)C1=O. The molecule has 7 heteroatoms. The number of carbonyl (C=O) groups is 2. The van der Waals surface area contributed by atoms with Gasteiger partial charge in [0.25, 0.3) is 11.1 Å². The van der Waals surface area contributed by atoms with Gasteiger partial charge < -0.3 is 9.47 Å². The highest BCUT2D eigenvalue weighted by atomic mass is 32.2. The van der Waals surface area contributed by atoms with Crippen LogP contribution in [0.15, 0.2) is 29.2 Å². The Kier molecular flexibility index (Phi) is 5.00. The number of rotatable bonds is 4. The van der Waals surface area contributed by atoms with Crippen LogP contribution in [-0.4, -0.2) is 61.0 Å². The summed E-state index contributed by atoms with van der Waals surface area (Å²) in [5.74, 6) is 0.421. The van der Waals surface area contributed by atoms with Gasteiger partial charge in [0.2, 0.25) is 0 Å². The van der Waals surface area contributed by atoms with Gasteiger partial charge in [0.15, 0.2) is 0 Å². The number of thioether (sulfide) groups is 1. The van der Waals surface area contributed by atoms with E-state index in [2.05, 4.69) is 0 Å². The fraction of sp³-hybridized carbons (Fsp3) is 0.375. The zero-order chi connectivity index (χ0) is 16.2. The highest BCUT2D eigenvalue weighted by Crippen LogP contribution is 2.34. The molecule has 122 valence electrons. The summed E-state index contributed by atoms with van der Waals surface area (Å²) in [6.07, 6.45) is 1.71. The van der Waals surface area contributed by atoms with Gasteiger partial charge in [-0.25, -0.2) is 0 Å². The molecule has 0 bridgehead atoms. The maximum Gasteiger partial charge on any atom is 0.294 e. The van der Waals surface area contributed by atoms with E-state index < -0.39 is 0 Å². The van der Waals surface area contributed by atoms with Crippen LogP contribution in [0, 0.1) is 0 Å². The Morgan fingerprint density at radius 1 is 1.26 bits per heavy atom. The summed E-state index contributed by atoms with van der Waals surface area (Å²) in [6.45, 7) is 3.04. The van der Waals surface area contributed by atoms with E-state index in [9.17, 15) is 9.59 Å². The molecule has 0 spiro atoms. The third kappa shape index (κ3) is 3.57. The highest BCUT2D eigenvalue weighted by Gasteiger charge is 2.36. The van der Waals surface area contributed by atoms with Crippen molar-refractivity contribution in [2.45, 2.75) is 0 Å². The molecule has 2 aliphatic rings.